The molecule has 1 fully saturated rings. The van der Waals surface area contributed by atoms with Crippen molar-refractivity contribution < 1.29 is 0 Å². The van der Waals surface area contributed by atoms with E-state index in [9.17, 15) is 0 Å². The lowest BCUT2D eigenvalue weighted by molar-refractivity contribution is 0.148. The first-order valence-electron chi connectivity index (χ1n) is 7.72. The minimum Gasteiger partial charge on any atom is -0.327 e. The average Bonchev–Trinajstić information content (AvgIpc) is 2.42. The second kappa shape index (κ2) is 7.06. The molecule has 1 heterocycles. The van der Waals surface area contributed by atoms with Crippen molar-refractivity contribution in [3.8, 4) is 0 Å². The number of nitrogens with two attached hydrogens (primary N) is 1. The maximum Gasteiger partial charge on any atom is 0.0233 e. The fraction of sp³-hybridized carbons (Fsp3) is 0.647. The van der Waals surface area contributed by atoms with Gasteiger partial charge in [-0.2, -0.15) is 0 Å². The van der Waals surface area contributed by atoms with Crippen LogP contribution in [0.3, 0.4) is 0 Å². The molecule has 0 aliphatic carbocycles. The van der Waals surface area contributed by atoms with Crippen LogP contribution < -0.4 is 5.73 Å². The zero-order valence-electron chi connectivity index (χ0n) is 12.4. The minimum atomic E-state index is 0.394. The Bertz CT molecular complexity index is 371. The molecule has 2 rings (SSSR count). The quantitative estimate of drug-likeness (QED) is 0.880. The summed E-state index contributed by atoms with van der Waals surface area (Å²) < 4.78 is 0. The standard InChI is InChI=1S/C17H28N2/c1-3-5-17(18)16-6-4-11-19(13-16)12-15-9-7-14(2)8-10-15/h7-10,16-17H,3-6,11-13,18H2,1-2H3. The van der Waals surface area contributed by atoms with Gasteiger partial charge in [-0.15, -0.1) is 0 Å². The molecule has 19 heavy (non-hydrogen) atoms. The second-order valence-electron chi connectivity index (χ2n) is 6.08. The predicted molar refractivity (Wildman–Crippen MR) is 82.1 cm³/mol. The van der Waals surface area contributed by atoms with E-state index in [2.05, 4.69) is 43.0 Å². The Morgan fingerprint density at radius 3 is 2.74 bits per heavy atom. The van der Waals surface area contributed by atoms with E-state index >= 15 is 0 Å². The normalized spacial score (nSPS) is 22.4. The molecule has 106 valence electrons. The van der Waals surface area contributed by atoms with Crippen molar-refractivity contribution in [3.63, 3.8) is 0 Å². The maximum atomic E-state index is 6.31. The summed E-state index contributed by atoms with van der Waals surface area (Å²) in [5, 5.41) is 0. The summed E-state index contributed by atoms with van der Waals surface area (Å²) in [4.78, 5) is 2.58. The highest BCUT2D eigenvalue weighted by molar-refractivity contribution is 5.21. The zero-order chi connectivity index (χ0) is 13.7. The Hall–Kier alpha value is -0.860. The van der Waals surface area contributed by atoms with E-state index in [1.807, 2.05) is 0 Å². The lowest BCUT2D eigenvalue weighted by atomic mass is 9.88. The largest absolute Gasteiger partial charge is 0.327 e. The Kier molecular flexibility index (Phi) is 5.41. The van der Waals surface area contributed by atoms with Gasteiger partial charge in [0, 0.05) is 19.1 Å². The third kappa shape index (κ3) is 4.32. The lowest BCUT2D eigenvalue weighted by Crippen LogP contribution is -2.43. The summed E-state index contributed by atoms with van der Waals surface area (Å²) in [7, 11) is 0. The molecule has 1 aliphatic heterocycles. The van der Waals surface area contributed by atoms with E-state index in [1.165, 1.54) is 49.9 Å². The number of benzene rings is 1. The van der Waals surface area contributed by atoms with Crippen LogP contribution in [-0.4, -0.2) is 24.0 Å². The third-order valence-electron chi connectivity index (χ3n) is 4.30. The van der Waals surface area contributed by atoms with Gasteiger partial charge >= 0.3 is 0 Å². The van der Waals surface area contributed by atoms with E-state index < -0.39 is 0 Å². The van der Waals surface area contributed by atoms with Gasteiger partial charge in [-0.1, -0.05) is 43.2 Å². The first-order valence-corrected chi connectivity index (χ1v) is 7.72. The number of nitrogens with zero attached hydrogens (tertiary/aromatic N) is 1. The Morgan fingerprint density at radius 1 is 1.32 bits per heavy atom. The fourth-order valence-electron chi connectivity index (χ4n) is 3.11. The van der Waals surface area contributed by atoms with Crippen molar-refractivity contribution in [1.29, 1.82) is 0 Å². The van der Waals surface area contributed by atoms with Gasteiger partial charge in [0.2, 0.25) is 0 Å². The van der Waals surface area contributed by atoms with Gasteiger partial charge in [-0.3, -0.25) is 4.90 Å². The highest BCUT2D eigenvalue weighted by Crippen LogP contribution is 2.22. The zero-order valence-corrected chi connectivity index (χ0v) is 12.4. The molecular weight excluding hydrogens is 232 g/mol. The number of rotatable bonds is 5. The smallest absolute Gasteiger partial charge is 0.0233 e. The molecule has 0 spiro atoms. The third-order valence-corrected chi connectivity index (χ3v) is 4.30. The van der Waals surface area contributed by atoms with E-state index in [4.69, 9.17) is 5.73 Å². The van der Waals surface area contributed by atoms with Crippen LogP contribution >= 0.6 is 0 Å². The van der Waals surface area contributed by atoms with Gasteiger partial charge in [-0.25, -0.2) is 0 Å². The van der Waals surface area contributed by atoms with Crippen molar-refractivity contribution >= 4 is 0 Å². The molecule has 1 aromatic carbocycles. The van der Waals surface area contributed by atoms with E-state index in [1.54, 1.807) is 0 Å². The predicted octanol–water partition coefficient (Wildman–Crippen LogP) is 3.33. The molecule has 0 amide bonds. The maximum absolute atomic E-state index is 6.31. The molecule has 0 bridgehead atoms. The molecule has 2 nitrogen and oxygen atoms in total. The topological polar surface area (TPSA) is 29.3 Å². The van der Waals surface area contributed by atoms with Gasteiger partial charge in [-0.05, 0) is 44.2 Å². The van der Waals surface area contributed by atoms with Gasteiger partial charge in [0.25, 0.3) is 0 Å². The monoisotopic (exact) mass is 260 g/mol. The average molecular weight is 260 g/mol. The fourth-order valence-corrected chi connectivity index (χ4v) is 3.11. The highest BCUT2D eigenvalue weighted by atomic mass is 15.1. The SMILES string of the molecule is CCCC(N)C1CCCN(Cc2ccc(C)cc2)C1. The molecule has 1 aromatic rings. The van der Waals surface area contributed by atoms with Crippen LogP contribution in [0.1, 0.15) is 43.7 Å². The molecule has 0 radical (unpaired) electrons. The number of aryl methyl sites for hydroxylation is 1. The molecule has 1 aliphatic rings. The molecule has 2 atom stereocenters. The Balaban J connectivity index is 1.88. The Labute approximate surface area is 118 Å². The number of piperidine rings is 1. The summed E-state index contributed by atoms with van der Waals surface area (Å²) in [5.74, 6) is 0.694. The minimum absolute atomic E-state index is 0.394. The number of hydrogen-bond donors (Lipinski definition) is 1. The van der Waals surface area contributed by atoms with Crippen LogP contribution in [-0.2, 0) is 6.54 Å². The van der Waals surface area contributed by atoms with Crippen LogP contribution in [0.5, 0.6) is 0 Å². The Morgan fingerprint density at radius 2 is 2.05 bits per heavy atom. The van der Waals surface area contributed by atoms with E-state index in [0.717, 1.165) is 6.54 Å². The van der Waals surface area contributed by atoms with Crippen LogP contribution in [0.25, 0.3) is 0 Å². The van der Waals surface area contributed by atoms with Gasteiger partial charge < -0.3 is 5.73 Å². The highest BCUT2D eigenvalue weighted by Gasteiger charge is 2.24. The first kappa shape index (κ1) is 14.5. The molecule has 0 aromatic heterocycles. The van der Waals surface area contributed by atoms with E-state index in [0.29, 0.717) is 12.0 Å². The second-order valence-corrected chi connectivity index (χ2v) is 6.08. The van der Waals surface area contributed by atoms with Crippen LogP contribution in [0, 0.1) is 12.8 Å². The summed E-state index contributed by atoms with van der Waals surface area (Å²) in [6.07, 6.45) is 4.98. The van der Waals surface area contributed by atoms with Gasteiger partial charge in [0.1, 0.15) is 0 Å². The van der Waals surface area contributed by atoms with Crippen LogP contribution in [0.2, 0.25) is 0 Å². The van der Waals surface area contributed by atoms with Crippen molar-refractivity contribution in [2.45, 2.75) is 52.1 Å². The number of hydrogen-bond acceptors (Lipinski definition) is 2. The number of likely N-dealkylation sites (tertiary alicyclic amines) is 1. The van der Waals surface area contributed by atoms with Crippen molar-refractivity contribution in [3.05, 3.63) is 35.4 Å². The lowest BCUT2D eigenvalue weighted by Gasteiger charge is -2.35. The van der Waals surface area contributed by atoms with E-state index in [-0.39, 0.29) is 0 Å². The van der Waals surface area contributed by atoms with Crippen molar-refractivity contribution in [1.82, 2.24) is 4.90 Å². The molecule has 1 saturated heterocycles. The van der Waals surface area contributed by atoms with Crippen molar-refractivity contribution in [2.24, 2.45) is 11.7 Å². The summed E-state index contributed by atoms with van der Waals surface area (Å²) in [6, 6.07) is 9.32. The van der Waals surface area contributed by atoms with Crippen LogP contribution in [0.15, 0.2) is 24.3 Å². The van der Waals surface area contributed by atoms with Crippen LogP contribution in [0.4, 0.5) is 0 Å². The molecule has 0 saturated carbocycles. The summed E-state index contributed by atoms with van der Waals surface area (Å²) in [6.45, 7) is 7.85. The summed E-state index contributed by atoms with van der Waals surface area (Å²) >= 11 is 0. The van der Waals surface area contributed by atoms with Gasteiger partial charge in [0.15, 0.2) is 0 Å². The molecule has 2 unspecified atom stereocenters. The molecule has 2 N–H and O–H groups in total. The molecule has 2 heteroatoms. The van der Waals surface area contributed by atoms with Gasteiger partial charge in [0.05, 0.1) is 0 Å². The van der Waals surface area contributed by atoms with Crippen molar-refractivity contribution in [2.75, 3.05) is 13.1 Å². The summed E-state index contributed by atoms with van der Waals surface area (Å²) in [5.41, 5.74) is 9.07. The molecular formula is C17H28N2. The first-order chi connectivity index (χ1) is 9.19.